The van der Waals surface area contributed by atoms with Crippen molar-refractivity contribution in [3.8, 4) is 0 Å². The summed E-state index contributed by atoms with van der Waals surface area (Å²) in [5, 5.41) is 5.42. The molecule has 0 aliphatic carbocycles. The van der Waals surface area contributed by atoms with Crippen LogP contribution in [0.2, 0.25) is 5.02 Å². The van der Waals surface area contributed by atoms with E-state index in [-0.39, 0.29) is 21.4 Å². The minimum atomic E-state index is -3.97. The van der Waals surface area contributed by atoms with Crippen LogP contribution < -0.4 is 14.9 Å². The van der Waals surface area contributed by atoms with Crippen LogP contribution in [0.1, 0.15) is 43.6 Å². The molecule has 1 atom stereocenters. The summed E-state index contributed by atoms with van der Waals surface area (Å²) in [7, 11) is -3.97. The number of carbonyl (C=O) groups is 2. The molecule has 1 unspecified atom stereocenters. The zero-order chi connectivity index (χ0) is 23.0. The van der Waals surface area contributed by atoms with E-state index < -0.39 is 27.5 Å². The van der Waals surface area contributed by atoms with E-state index in [0.29, 0.717) is 18.7 Å². The van der Waals surface area contributed by atoms with E-state index in [1.807, 2.05) is 32.9 Å². The molecule has 0 spiro atoms. The Bertz CT molecular complexity index is 1130. The monoisotopic (exact) mass is 463 g/mol. The summed E-state index contributed by atoms with van der Waals surface area (Å²) < 4.78 is 28.0. The fourth-order valence-corrected chi connectivity index (χ4v) is 5.35. The Labute approximate surface area is 187 Å². The van der Waals surface area contributed by atoms with E-state index in [9.17, 15) is 18.0 Å². The average Bonchev–Trinajstić information content (AvgIpc) is 3.11. The third-order valence-corrected chi connectivity index (χ3v) is 7.14. The number of halogens is 1. The van der Waals surface area contributed by atoms with Gasteiger partial charge in [-0.1, -0.05) is 29.8 Å². The minimum Gasteiger partial charge on any atom is -0.350 e. The van der Waals surface area contributed by atoms with Crippen LogP contribution in [0, 0.1) is 0 Å². The molecule has 2 aromatic carbocycles. The molecule has 0 saturated heterocycles. The summed E-state index contributed by atoms with van der Waals surface area (Å²) in [6, 6.07) is 10.6. The molecule has 1 aliphatic rings. The third kappa shape index (κ3) is 5.02. The Morgan fingerprint density at radius 3 is 2.48 bits per heavy atom. The van der Waals surface area contributed by atoms with Crippen LogP contribution in [0.25, 0.3) is 0 Å². The van der Waals surface area contributed by atoms with E-state index >= 15 is 0 Å². The first-order valence-electron chi connectivity index (χ1n) is 9.93. The third-order valence-electron chi connectivity index (χ3n) is 4.85. The molecule has 0 bridgehead atoms. The second-order valence-electron chi connectivity index (χ2n) is 8.54. The van der Waals surface area contributed by atoms with Crippen molar-refractivity contribution in [1.82, 2.24) is 10.6 Å². The lowest BCUT2D eigenvalue weighted by molar-refractivity contribution is -0.124. The highest BCUT2D eigenvalue weighted by atomic mass is 35.5. The number of sulfonamides is 1. The molecule has 0 fully saturated rings. The summed E-state index contributed by atoms with van der Waals surface area (Å²) >= 11 is 6.22. The molecule has 2 aromatic rings. The van der Waals surface area contributed by atoms with Crippen molar-refractivity contribution in [2.75, 3.05) is 10.8 Å². The highest BCUT2D eigenvalue weighted by Crippen LogP contribution is 2.35. The number of para-hydroxylation sites is 1. The van der Waals surface area contributed by atoms with E-state index in [1.165, 1.54) is 22.5 Å². The molecule has 166 valence electrons. The van der Waals surface area contributed by atoms with Crippen LogP contribution in [0.4, 0.5) is 5.69 Å². The lowest BCUT2D eigenvalue weighted by Crippen LogP contribution is -2.50. The maximum Gasteiger partial charge on any atom is 0.265 e. The Hall–Kier alpha value is -2.58. The highest BCUT2D eigenvalue weighted by molar-refractivity contribution is 7.93. The van der Waals surface area contributed by atoms with Gasteiger partial charge in [0.1, 0.15) is 10.9 Å². The standard InChI is InChI=1S/C22H26ClN3O4S/c1-14(20(27)25-22(2,3)4)24-21(28)16-9-10-17(23)19(13-16)31(29,30)26-12-11-15-7-5-6-8-18(15)26/h5-10,13-14H,11-12H2,1-4H3,(H,24,28)(H,25,27). The quantitative estimate of drug-likeness (QED) is 0.712. The van der Waals surface area contributed by atoms with Crippen LogP contribution in [-0.2, 0) is 21.2 Å². The maximum absolute atomic E-state index is 13.3. The van der Waals surface area contributed by atoms with Crippen molar-refractivity contribution in [1.29, 1.82) is 0 Å². The van der Waals surface area contributed by atoms with Gasteiger partial charge in [-0.15, -0.1) is 0 Å². The van der Waals surface area contributed by atoms with Crippen molar-refractivity contribution < 1.29 is 18.0 Å². The number of anilines is 1. The van der Waals surface area contributed by atoms with Gasteiger partial charge >= 0.3 is 0 Å². The molecule has 0 radical (unpaired) electrons. The van der Waals surface area contributed by atoms with E-state index in [2.05, 4.69) is 10.6 Å². The normalized spacial score (nSPS) is 14.7. The van der Waals surface area contributed by atoms with Gasteiger partial charge in [-0.25, -0.2) is 8.42 Å². The van der Waals surface area contributed by atoms with Gasteiger partial charge in [-0.3, -0.25) is 13.9 Å². The van der Waals surface area contributed by atoms with Crippen molar-refractivity contribution in [3.63, 3.8) is 0 Å². The van der Waals surface area contributed by atoms with E-state index in [4.69, 9.17) is 11.6 Å². The molecule has 0 saturated carbocycles. The Balaban J connectivity index is 1.85. The zero-order valence-corrected chi connectivity index (χ0v) is 19.5. The Morgan fingerprint density at radius 2 is 1.81 bits per heavy atom. The summed E-state index contributed by atoms with van der Waals surface area (Å²) in [6.07, 6.45) is 0.605. The topological polar surface area (TPSA) is 95.6 Å². The lowest BCUT2D eigenvalue weighted by atomic mass is 10.1. The van der Waals surface area contributed by atoms with Crippen molar-refractivity contribution >= 4 is 39.1 Å². The first kappa shape index (κ1) is 23.1. The molecule has 2 N–H and O–H groups in total. The molecule has 9 heteroatoms. The van der Waals surface area contributed by atoms with Gasteiger partial charge in [0.2, 0.25) is 5.91 Å². The molecule has 1 aliphatic heterocycles. The van der Waals surface area contributed by atoms with Gasteiger partial charge in [-0.2, -0.15) is 0 Å². The second kappa shape index (κ2) is 8.51. The Kier molecular flexibility index (Phi) is 6.34. The summed E-state index contributed by atoms with van der Waals surface area (Å²) in [4.78, 5) is 24.8. The molecular formula is C22H26ClN3O4S. The maximum atomic E-state index is 13.3. The van der Waals surface area contributed by atoms with Crippen LogP contribution in [0.15, 0.2) is 47.4 Å². The molecular weight excluding hydrogens is 438 g/mol. The van der Waals surface area contributed by atoms with Crippen LogP contribution in [0.3, 0.4) is 0 Å². The fourth-order valence-electron chi connectivity index (χ4n) is 3.34. The van der Waals surface area contributed by atoms with Gasteiger partial charge in [0.25, 0.3) is 15.9 Å². The smallest absolute Gasteiger partial charge is 0.265 e. The van der Waals surface area contributed by atoms with Crippen LogP contribution >= 0.6 is 11.6 Å². The molecule has 7 nitrogen and oxygen atoms in total. The number of rotatable bonds is 5. The van der Waals surface area contributed by atoms with Crippen molar-refractivity contribution in [3.05, 3.63) is 58.6 Å². The van der Waals surface area contributed by atoms with Crippen molar-refractivity contribution in [2.45, 2.75) is 50.6 Å². The van der Waals surface area contributed by atoms with Gasteiger partial charge in [0, 0.05) is 17.6 Å². The summed E-state index contributed by atoms with van der Waals surface area (Å²) in [5.74, 6) is -0.900. The number of hydrogen-bond acceptors (Lipinski definition) is 4. The number of nitrogens with zero attached hydrogens (tertiary/aromatic N) is 1. The van der Waals surface area contributed by atoms with Crippen LogP contribution in [-0.4, -0.2) is 38.4 Å². The largest absolute Gasteiger partial charge is 0.350 e. The van der Waals surface area contributed by atoms with Crippen molar-refractivity contribution in [2.24, 2.45) is 0 Å². The number of hydrogen-bond donors (Lipinski definition) is 2. The molecule has 31 heavy (non-hydrogen) atoms. The van der Waals surface area contributed by atoms with Gasteiger partial charge in [-0.05, 0) is 63.9 Å². The number of benzene rings is 2. The predicted octanol–water partition coefficient (Wildman–Crippen LogP) is 3.12. The Morgan fingerprint density at radius 1 is 1.13 bits per heavy atom. The number of nitrogens with one attached hydrogen (secondary N) is 2. The average molecular weight is 464 g/mol. The molecule has 2 amide bonds. The number of fused-ring (bicyclic) bond motifs is 1. The van der Waals surface area contributed by atoms with Gasteiger partial charge < -0.3 is 10.6 Å². The SMILES string of the molecule is CC(NC(=O)c1ccc(Cl)c(S(=O)(=O)N2CCc3ccccc32)c1)C(=O)NC(C)(C)C. The zero-order valence-electron chi connectivity index (χ0n) is 17.9. The lowest BCUT2D eigenvalue weighted by Gasteiger charge is -2.24. The summed E-state index contributed by atoms with van der Waals surface area (Å²) in [6.45, 7) is 7.39. The van der Waals surface area contributed by atoms with E-state index in [1.54, 1.807) is 19.1 Å². The predicted molar refractivity (Wildman–Crippen MR) is 121 cm³/mol. The number of amides is 2. The molecule has 1 heterocycles. The van der Waals surface area contributed by atoms with Crippen LogP contribution in [0.5, 0.6) is 0 Å². The highest BCUT2D eigenvalue weighted by Gasteiger charge is 2.33. The molecule has 3 rings (SSSR count). The fraction of sp³-hybridized carbons (Fsp3) is 0.364. The second-order valence-corrected chi connectivity index (χ2v) is 10.8. The molecule has 0 aromatic heterocycles. The van der Waals surface area contributed by atoms with Gasteiger partial charge in [0.05, 0.1) is 10.7 Å². The van der Waals surface area contributed by atoms with Gasteiger partial charge in [0.15, 0.2) is 0 Å². The van der Waals surface area contributed by atoms with E-state index in [0.717, 1.165) is 5.56 Å². The number of carbonyl (C=O) groups excluding carboxylic acids is 2. The minimum absolute atomic E-state index is 0.0273. The summed E-state index contributed by atoms with van der Waals surface area (Å²) in [5.41, 5.74) is 1.21. The first-order chi connectivity index (χ1) is 14.4. The first-order valence-corrected chi connectivity index (χ1v) is 11.7.